The Balaban J connectivity index is 2.17. The van der Waals surface area contributed by atoms with Gasteiger partial charge in [0.05, 0.1) is 20.0 Å². The number of hydrogen-bond donors (Lipinski definition) is 3. The standard InChI is InChI=1S/C12H13N3O5/c1-6-8(12(17)18)3-7(20-6)4-13-10-9(19-2)11(16)15-5-14-10/h3,5H,4H2,1-2H3,(H,17,18)(H2,13,14,15,16). The maximum atomic E-state index is 11.5. The van der Waals surface area contributed by atoms with E-state index in [1.807, 2.05) is 0 Å². The Bertz CT molecular complexity index is 689. The molecule has 0 aliphatic heterocycles. The van der Waals surface area contributed by atoms with E-state index in [9.17, 15) is 9.59 Å². The fourth-order valence-electron chi connectivity index (χ4n) is 1.72. The number of aromatic amines is 1. The number of carboxylic acids is 1. The summed E-state index contributed by atoms with van der Waals surface area (Å²) in [7, 11) is 1.36. The van der Waals surface area contributed by atoms with Crippen molar-refractivity contribution < 1.29 is 19.1 Å². The van der Waals surface area contributed by atoms with Crippen molar-refractivity contribution in [2.45, 2.75) is 13.5 Å². The normalized spacial score (nSPS) is 10.3. The number of aromatic carboxylic acids is 1. The molecule has 2 heterocycles. The van der Waals surface area contributed by atoms with Gasteiger partial charge in [-0.2, -0.15) is 0 Å². The van der Waals surface area contributed by atoms with Crippen LogP contribution >= 0.6 is 0 Å². The van der Waals surface area contributed by atoms with Crippen LogP contribution in [0.1, 0.15) is 21.9 Å². The van der Waals surface area contributed by atoms with Gasteiger partial charge in [0, 0.05) is 0 Å². The highest BCUT2D eigenvalue weighted by molar-refractivity contribution is 5.88. The molecule has 0 fully saturated rings. The Morgan fingerprint density at radius 1 is 1.60 bits per heavy atom. The summed E-state index contributed by atoms with van der Waals surface area (Å²) in [5.74, 6) is -0.00931. The molecular formula is C12H13N3O5. The lowest BCUT2D eigenvalue weighted by atomic mass is 10.2. The SMILES string of the molecule is COc1c(NCc2cc(C(=O)O)c(C)o2)nc[nH]c1=O. The van der Waals surface area contributed by atoms with Crippen molar-refractivity contribution in [3.63, 3.8) is 0 Å². The molecule has 2 aromatic rings. The average Bonchev–Trinajstić information content (AvgIpc) is 2.78. The van der Waals surface area contributed by atoms with E-state index in [2.05, 4.69) is 15.3 Å². The molecule has 106 valence electrons. The molecular weight excluding hydrogens is 266 g/mol. The van der Waals surface area contributed by atoms with E-state index in [0.29, 0.717) is 11.5 Å². The third-order valence-electron chi connectivity index (χ3n) is 2.64. The largest absolute Gasteiger partial charge is 0.489 e. The third kappa shape index (κ3) is 2.63. The molecule has 0 saturated carbocycles. The van der Waals surface area contributed by atoms with Crippen LogP contribution < -0.4 is 15.6 Å². The molecule has 20 heavy (non-hydrogen) atoms. The molecule has 0 aliphatic carbocycles. The summed E-state index contributed by atoms with van der Waals surface area (Å²) in [4.78, 5) is 28.7. The van der Waals surface area contributed by atoms with Gasteiger partial charge in [-0.1, -0.05) is 0 Å². The number of ether oxygens (including phenoxy) is 1. The van der Waals surface area contributed by atoms with E-state index in [-0.39, 0.29) is 23.7 Å². The van der Waals surface area contributed by atoms with E-state index in [1.54, 1.807) is 6.92 Å². The monoisotopic (exact) mass is 279 g/mol. The third-order valence-corrected chi connectivity index (χ3v) is 2.64. The van der Waals surface area contributed by atoms with Crippen LogP contribution in [0.2, 0.25) is 0 Å². The van der Waals surface area contributed by atoms with Gasteiger partial charge in [-0.25, -0.2) is 9.78 Å². The second-order valence-electron chi connectivity index (χ2n) is 3.95. The van der Waals surface area contributed by atoms with Gasteiger partial charge in [0.15, 0.2) is 5.82 Å². The Labute approximate surface area is 113 Å². The first-order valence-electron chi connectivity index (χ1n) is 5.71. The van der Waals surface area contributed by atoms with Crippen molar-refractivity contribution in [1.82, 2.24) is 9.97 Å². The van der Waals surface area contributed by atoms with Crippen molar-refractivity contribution in [2.24, 2.45) is 0 Å². The number of nitrogens with one attached hydrogen (secondary N) is 2. The van der Waals surface area contributed by atoms with Crippen LogP contribution in [0.25, 0.3) is 0 Å². The summed E-state index contributed by atoms with van der Waals surface area (Å²) < 4.78 is 10.2. The summed E-state index contributed by atoms with van der Waals surface area (Å²) in [6.45, 7) is 1.75. The van der Waals surface area contributed by atoms with Crippen LogP contribution in [0, 0.1) is 6.92 Å². The molecule has 0 saturated heterocycles. The fraction of sp³-hybridized carbons (Fsp3) is 0.250. The number of furan rings is 1. The Morgan fingerprint density at radius 3 is 2.95 bits per heavy atom. The minimum Gasteiger partial charge on any atom is -0.489 e. The van der Waals surface area contributed by atoms with Crippen LogP contribution in [0.4, 0.5) is 5.82 Å². The van der Waals surface area contributed by atoms with Crippen LogP contribution in [0.15, 0.2) is 21.6 Å². The molecule has 2 rings (SSSR count). The van der Waals surface area contributed by atoms with Gasteiger partial charge >= 0.3 is 5.97 Å². The molecule has 0 bridgehead atoms. The first kappa shape index (κ1) is 13.7. The van der Waals surface area contributed by atoms with Crippen molar-refractivity contribution in [3.8, 4) is 5.75 Å². The van der Waals surface area contributed by atoms with Crippen molar-refractivity contribution in [2.75, 3.05) is 12.4 Å². The number of hydrogen-bond acceptors (Lipinski definition) is 6. The summed E-state index contributed by atoms with van der Waals surface area (Å²) >= 11 is 0. The molecule has 3 N–H and O–H groups in total. The predicted molar refractivity (Wildman–Crippen MR) is 69.1 cm³/mol. The molecule has 8 heteroatoms. The summed E-state index contributed by atoms with van der Waals surface area (Å²) in [5, 5.41) is 11.8. The van der Waals surface area contributed by atoms with Crippen molar-refractivity contribution in [3.05, 3.63) is 39.8 Å². The second kappa shape index (κ2) is 5.47. The van der Waals surface area contributed by atoms with Crippen LogP contribution in [0.3, 0.4) is 0 Å². The zero-order chi connectivity index (χ0) is 14.7. The van der Waals surface area contributed by atoms with E-state index in [4.69, 9.17) is 14.3 Å². The summed E-state index contributed by atoms with van der Waals surface area (Å²) in [6, 6.07) is 1.42. The van der Waals surface area contributed by atoms with E-state index in [1.165, 1.54) is 19.5 Å². The number of aromatic nitrogens is 2. The van der Waals surface area contributed by atoms with Gasteiger partial charge in [-0.15, -0.1) is 0 Å². The number of rotatable bonds is 5. The van der Waals surface area contributed by atoms with Gasteiger partial charge in [0.1, 0.15) is 17.1 Å². The molecule has 0 unspecified atom stereocenters. The summed E-state index contributed by atoms with van der Waals surface area (Å²) in [5.41, 5.74) is -0.306. The molecule has 0 spiro atoms. The molecule has 0 aromatic carbocycles. The van der Waals surface area contributed by atoms with Crippen molar-refractivity contribution in [1.29, 1.82) is 0 Å². The highest BCUT2D eigenvalue weighted by atomic mass is 16.5. The quantitative estimate of drug-likeness (QED) is 0.746. The van der Waals surface area contributed by atoms with E-state index < -0.39 is 11.5 Å². The maximum absolute atomic E-state index is 11.5. The van der Waals surface area contributed by atoms with E-state index >= 15 is 0 Å². The van der Waals surface area contributed by atoms with Crippen molar-refractivity contribution >= 4 is 11.8 Å². The molecule has 0 aliphatic rings. The zero-order valence-corrected chi connectivity index (χ0v) is 10.9. The summed E-state index contributed by atoms with van der Waals surface area (Å²) in [6.07, 6.45) is 1.24. The number of carbonyl (C=O) groups is 1. The van der Waals surface area contributed by atoms with Crippen LogP contribution in [0.5, 0.6) is 5.75 Å². The highest BCUT2D eigenvalue weighted by Gasteiger charge is 2.14. The lowest BCUT2D eigenvalue weighted by Crippen LogP contribution is -2.13. The molecule has 2 aromatic heterocycles. The number of carboxylic acid groups (broad SMARTS) is 1. The highest BCUT2D eigenvalue weighted by Crippen LogP contribution is 2.18. The lowest BCUT2D eigenvalue weighted by molar-refractivity contribution is 0.0695. The number of methoxy groups -OCH3 is 1. The fourth-order valence-corrected chi connectivity index (χ4v) is 1.72. The minimum absolute atomic E-state index is 0.0502. The Kier molecular flexibility index (Phi) is 3.74. The number of aryl methyl sites for hydroxylation is 1. The van der Waals surface area contributed by atoms with E-state index in [0.717, 1.165) is 0 Å². The Morgan fingerprint density at radius 2 is 2.35 bits per heavy atom. The number of H-pyrrole nitrogens is 1. The second-order valence-corrected chi connectivity index (χ2v) is 3.95. The lowest BCUT2D eigenvalue weighted by Gasteiger charge is -2.07. The van der Waals surface area contributed by atoms with Crippen LogP contribution in [-0.4, -0.2) is 28.2 Å². The van der Waals surface area contributed by atoms with Gasteiger partial charge in [0.2, 0.25) is 5.75 Å². The van der Waals surface area contributed by atoms with Gasteiger partial charge in [-0.3, -0.25) is 4.79 Å². The Hall–Kier alpha value is -2.77. The first-order chi connectivity index (χ1) is 9.52. The maximum Gasteiger partial charge on any atom is 0.339 e. The van der Waals surface area contributed by atoms with Gasteiger partial charge in [0.25, 0.3) is 5.56 Å². The van der Waals surface area contributed by atoms with Gasteiger partial charge in [-0.05, 0) is 13.0 Å². The van der Waals surface area contributed by atoms with Crippen LogP contribution in [-0.2, 0) is 6.54 Å². The molecule has 0 amide bonds. The first-order valence-corrected chi connectivity index (χ1v) is 5.71. The van der Waals surface area contributed by atoms with Gasteiger partial charge < -0.3 is 24.6 Å². The minimum atomic E-state index is -1.05. The molecule has 0 atom stereocenters. The molecule has 8 nitrogen and oxygen atoms in total. The number of nitrogens with zero attached hydrogens (tertiary/aromatic N) is 1. The molecule has 0 radical (unpaired) electrons. The number of anilines is 1. The zero-order valence-electron chi connectivity index (χ0n) is 10.9. The smallest absolute Gasteiger partial charge is 0.339 e. The predicted octanol–water partition coefficient (Wildman–Crippen LogP) is 0.990. The average molecular weight is 279 g/mol. The topological polar surface area (TPSA) is 117 Å².